The standard InChI is InChI=1S/C11H7Cl2F2N3O/c12-5-1-2-6(13)9(3-5)19-11-8(15)4-7(14)10(17-11)18-16/h1-4H,16H2,(H,17,18). The summed E-state index contributed by atoms with van der Waals surface area (Å²) in [6, 6.07) is 4.99. The van der Waals surface area contributed by atoms with Gasteiger partial charge in [0.15, 0.2) is 17.5 Å². The highest BCUT2D eigenvalue weighted by Crippen LogP contribution is 2.33. The summed E-state index contributed by atoms with van der Waals surface area (Å²) in [5.41, 5.74) is 1.98. The summed E-state index contributed by atoms with van der Waals surface area (Å²) in [4.78, 5) is 3.55. The zero-order valence-electron chi connectivity index (χ0n) is 9.25. The molecule has 0 bridgehead atoms. The minimum atomic E-state index is -0.993. The topological polar surface area (TPSA) is 60.2 Å². The van der Waals surface area contributed by atoms with Crippen LogP contribution in [0.25, 0.3) is 0 Å². The molecule has 0 unspecified atom stereocenters. The van der Waals surface area contributed by atoms with Crippen LogP contribution in [0.4, 0.5) is 14.6 Å². The summed E-state index contributed by atoms with van der Waals surface area (Å²) in [7, 11) is 0. The van der Waals surface area contributed by atoms with E-state index >= 15 is 0 Å². The van der Waals surface area contributed by atoms with Crippen LogP contribution in [-0.2, 0) is 0 Å². The van der Waals surface area contributed by atoms with E-state index in [1.165, 1.54) is 18.2 Å². The highest BCUT2D eigenvalue weighted by molar-refractivity contribution is 6.34. The van der Waals surface area contributed by atoms with Gasteiger partial charge in [0.05, 0.1) is 5.02 Å². The first-order chi connectivity index (χ1) is 9.01. The minimum absolute atomic E-state index is 0.0927. The van der Waals surface area contributed by atoms with E-state index in [1.807, 2.05) is 5.43 Å². The molecule has 0 amide bonds. The molecule has 0 atom stereocenters. The second-order valence-electron chi connectivity index (χ2n) is 3.43. The molecular weight excluding hydrogens is 299 g/mol. The molecule has 0 spiro atoms. The zero-order chi connectivity index (χ0) is 14.0. The number of aromatic nitrogens is 1. The Labute approximate surface area is 117 Å². The quantitative estimate of drug-likeness (QED) is 0.670. The molecule has 3 N–H and O–H groups in total. The molecule has 1 aromatic carbocycles. The summed E-state index contributed by atoms with van der Waals surface area (Å²) < 4.78 is 31.8. The van der Waals surface area contributed by atoms with E-state index in [2.05, 4.69) is 4.98 Å². The first-order valence-corrected chi connectivity index (χ1v) is 5.72. The fraction of sp³-hybridized carbons (Fsp3) is 0. The number of nitrogens with one attached hydrogen (secondary N) is 1. The summed E-state index contributed by atoms with van der Waals surface area (Å²) >= 11 is 11.6. The van der Waals surface area contributed by atoms with Crippen molar-refractivity contribution in [1.82, 2.24) is 4.98 Å². The van der Waals surface area contributed by atoms with Crippen LogP contribution in [-0.4, -0.2) is 4.98 Å². The van der Waals surface area contributed by atoms with Gasteiger partial charge in [-0.25, -0.2) is 14.6 Å². The molecule has 0 saturated carbocycles. The highest BCUT2D eigenvalue weighted by atomic mass is 35.5. The molecule has 0 radical (unpaired) electrons. The van der Waals surface area contributed by atoms with Crippen molar-refractivity contribution in [3.05, 3.63) is 45.9 Å². The fourth-order valence-electron chi connectivity index (χ4n) is 1.28. The van der Waals surface area contributed by atoms with Gasteiger partial charge in [-0.3, -0.25) is 0 Å². The molecule has 19 heavy (non-hydrogen) atoms. The molecule has 0 aliphatic carbocycles. The van der Waals surface area contributed by atoms with Crippen molar-refractivity contribution in [3.63, 3.8) is 0 Å². The maximum atomic E-state index is 13.5. The van der Waals surface area contributed by atoms with Crippen LogP contribution in [0.3, 0.4) is 0 Å². The van der Waals surface area contributed by atoms with Crippen LogP contribution in [0.5, 0.6) is 11.6 Å². The van der Waals surface area contributed by atoms with Crippen LogP contribution in [0.15, 0.2) is 24.3 Å². The highest BCUT2D eigenvalue weighted by Gasteiger charge is 2.14. The van der Waals surface area contributed by atoms with Gasteiger partial charge >= 0.3 is 0 Å². The number of hydrazine groups is 1. The van der Waals surface area contributed by atoms with Gasteiger partial charge < -0.3 is 10.2 Å². The molecule has 0 fully saturated rings. The summed E-state index contributed by atoms with van der Waals surface area (Å²) in [6.45, 7) is 0. The predicted octanol–water partition coefficient (Wildman–Crippen LogP) is 3.74. The van der Waals surface area contributed by atoms with Crippen molar-refractivity contribution < 1.29 is 13.5 Å². The second kappa shape index (κ2) is 5.56. The third-order valence-corrected chi connectivity index (χ3v) is 2.68. The third-order valence-electron chi connectivity index (χ3n) is 2.13. The second-order valence-corrected chi connectivity index (χ2v) is 4.27. The lowest BCUT2D eigenvalue weighted by atomic mass is 10.3. The molecule has 1 aromatic heterocycles. The molecule has 100 valence electrons. The van der Waals surface area contributed by atoms with Crippen molar-refractivity contribution in [1.29, 1.82) is 0 Å². The number of ether oxygens (including phenoxy) is 1. The van der Waals surface area contributed by atoms with Gasteiger partial charge in [-0.1, -0.05) is 23.2 Å². The van der Waals surface area contributed by atoms with Crippen molar-refractivity contribution in [2.24, 2.45) is 5.84 Å². The number of benzene rings is 1. The number of pyridine rings is 1. The Morgan fingerprint density at radius 3 is 2.58 bits per heavy atom. The summed E-state index contributed by atoms with van der Waals surface area (Å²) in [5, 5.41) is 0.552. The number of anilines is 1. The minimum Gasteiger partial charge on any atom is -0.435 e. The van der Waals surface area contributed by atoms with Crippen molar-refractivity contribution in [3.8, 4) is 11.6 Å². The third kappa shape index (κ3) is 3.04. The number of nitrogen functional groups attached to an aromatic ring is 1. The first kappa shape index (κ1) is 13.8. The van der Waals surface area contributed by atoms with E-state index in [1.54, 1.807) is 0 Å². The largest absolute Gasteiger partial charge is 0.435 e. The van der Waals surface area contributed by atoms with Gasteiger partial charge in [0.2, 0.25) is 0 Å². The average molecular weight is 306 g/mol. The van der Waals surface area contributed by atoms with Crippen LogP contribution in [0, 0.1) is 11.6 Å². The fourth-order valence-corrected chi connectivity index (χ4v) is 1.60. The summed E-state index contributed by atoms with van der Waals surface area (Å²) in [5.74, 6) is 2.37. The van der Waals surface area contributed by atoms with Gasteiger partial charge in [0.1, 0.15) is 5.75 Å². The number of hydrogen-bond donors (Lipinski definition) is 2. The Bertz CT molecular complexity index is 625. The van der Waals surface area contributed by atoms with Crippen LogP contribution in [0.1, 0.15) is 0 Å². The van der Waals surface area contributed by atoms with Crippen molar-refractivity contribution >= 4 is 29.0 Å². The number of hydrogen-bond acceptors (Lipinski definition) is 4. The zero-order valence-corrected chi connectivity index (χ0v) is 10.8. The Balaban J connectivity index is 2.40. The molecule has 0 aliphatic heterocycles. The smallest absolute Gasteiger partial charge is 0.258 e. The average Bonchev–Trinajstić information content (AvgIpc) is 2.37. The molecule has 2 rings (SSSR count). The molecule has 2 aromatic rings. The molecule has 0 aliphatic rings. The SMILES string of the molecule is NNc1nc(Oc2cc(Cl)ccc2Cl)c(F)cc1F. The lowest BCUT2D eigenvalue weighted by molar-refractivity contribution is 0.418. The molecule has 0 saturated heterocycles. The van der Waals surface area contributed by atoms with E-state index in [-0.39, 0.29) is 16.6 Å². The van der Waals surface area contributed by atoms with Gasteiger partial charge in [-0.15, -0.1) is 0 Å². The van der Waals surface area contributed by atoms with Gasteiger partial charge in [0.25, 0.3) is 5.88 Å². The molecule has 4 nitrogen and oxygen atoms in total. The van der Waals surface area contributed by atoms with Gasteiger partial charge in [0, 0.05) is 17.2 Å². The van der Waals surface area contributed by atoms with E-state index in [0.717, 1.165) is 0 Å². The number of nitrogens with two attached hydrogens (primary N) is 1. The van der Waals surface area contributed by atoms with Crippen molar-refractivity contribution in [2.45, 2.75) is 0 Å². The Morgan fingerprint density at radius 1 is 1.16 bits per heavy atom. The van der Waals surface area contributed by atoms with Crippen LogP contribution < -0.4 is 16.0 Å². The maximum absolute atomic E-state index is 13.5. The number of halogens is 4. The number of nitrogens with zero attached hydrogens (tertiary/aromatic N) is 1. The van der Waals surface area contributed by atoms with E-state index < -0.39 is 17.5 Å². The van der Waals surface area contributed by atoms with E-state index in [4.69, 9.17) is 33.8 Å². The van der Waals surface area contributed by atoms with Gasteiger partial charge in [-0.2, -0.15) is 4.98 Å². The molecular formula is C11H7Cl2F2N3O. The van der Waals surface area contributed by atoms with Gasteiger partial charge in [-0.05, 0) is 12.1 Å². The van der Waals surface area contributed by atoms with Crippen molar-refractivity contribution in [2.75, 3.05) is 5.43 Å². The monoisotopic (exact) mass is 305 g/mol. The lowest BCUT2D eigenvalue weighted by Crippen LogP contribution is -2.11. The van der Waals surface area contributed by atoms with E-state index in [9.17, 15) is 8.78 Å². The molecule has 8 heteroatoms. The first-order valence-electron chi connectivity index (χ1n) is 4.97. The maximum Gasteiger partial charge on any atom is 0.258 e. The van der Waals surface area contributed by atoms with Crippen LogP contribution >= 0.6 is 23.2 Å². The Kier molecular flexibility index (Phi) is 4.04. The molecule has 1 heterocycles. The lowest BCUT2D eigenvalue weighted by Gasteiger charge is -2.09. The van der Waals surface area contributed by atoms with Crippen LogP contribution in [0.2, 0.25) is 10.0 Å². The Morgan fingerprint density at radius 2 is 1.89 bits per heavy atom. The normalized spacial score (nSPS) is 10.4. The van der Waals surface area contributed by atoms with E-state index in [0.29, 0.717) is 11.1 Å². The number of rotatable bonds is 3. The Hall–Kier alpha value is -1.63. The summed E-state index contributed by atoms with van der Waals surface area (Å²) in [6.07, 6.45) is 0. The predicted molar refractivity (Wildman–Crippen MR) is 68.5 cm³/mol.